The molecule has 0 radical (unpaired) electrons. The molecule has 0 spiro atoms. The van der Waals surface area contributed by atoms with Gasteiger partial charge < -0.3 is 15.2 Å². The third-order valence-corrected chi connectivity index (χ3v) is 2.51. The SMILES string of the molecule is COC(CNc1cccc(Cl)c1[N+](=O)[O-])C(=O)O. The Morgan fingerprint density at radius 2 is 2.33 bits per heavy atom. The minimum Gasteiger partial charge on any atom is -0.479 e. The van der Waals surface area contributed by atoms with Crippen LogP contribution in [-0.4, -0.2) is 35.8 Å². The summed E-state index contributed by atoms with van der Waals surface area (Å²) in [5.74, 6) is -1.16. The highest BCUT2D eigenvalue weighted by molar-refractivity contribution is 6.33. The lowest BCUT2D eigenvalue weighted by Gasteiger charge is -2.12. The molecule has 18 heavy (non-hydrogen) atoms. The molecule has 1 rings (SSSR count). The molecule has 0 saturated carbocycles. The zero-order valence-electron chi connectivity index (χ0n) is 9.42. The van der Waals surface area contributed by atoms with E-state index in [0.29, 0.717) is 0 Å². The fraction of sp³-hybridized carbons (Fsp3) is 0.300. The first kappa shape index (κ1) is 14.2. The molecule has 1 aromatic carbocycles. The van der Waals surface area contributed by atoms with Crippen LogP contribution in [-0.2, 0) is 9.53 Å². The molecule has 0 saturated heterocycles. The Kier molecular flexibility index (Phi) is 4.87. The van der Waals surface area contributed by atoms with Crippen LogP contribution in [0.2, 0.25) is 5.02 Å². The van der Waals surface area contributed by atoms with Gasteiger partial charge >= 0.3 is 11.7 Å². The minimum atomic E-state index is -1.16. The number of para-hydroxylation sites is 1. The van der Waals surface area contributed by atoms with Crippen molar-refractivity contribution in [2.24, 2.45) is 0 Å². The van der Waals surface area contributed by atoms with Crippen LogP contribution in [0, 0.1) is 10.1 Å². The van der Waals surface area contributed by atoms with Gasteiger partial charge in [0.15, 0.2) is 6.10 Å². The topological polar surface area (TPSA) is 102 Å². The molecule has 2 N–H and O–H groups in total. The molecular weight excluding hydrogens is 264 g/mol. The van der Waals surface area contributed by atoms with E-state index in [-0.39, 0.29) is 22.9 Å². The number of methoxy groups -OCH3 is 1. The summed E-state index contributed by atoms with van der Waals surface area (Å²) in [5.41, 5.74) is -0.143. The number of benzene rings is 1. The third kappa shape index (κ3) is 3.31. The van der Waals surface area contributed by atoms with Gasteiger partial charge in [0, 0.05) is 7.11 Å². The monoisotopic (exact) mass is 274 g/mol. The minimum absolute atomic E-state index is 0.0192. The molecule has 7 nitrogen and oxygen atoms in total. The zero-order valence-corrected chi connectivity index (χ0v) is 10.2. The number of nitro benzene ring substituents is 1. The van der Waals surface area contributed by atoms with Crippen LogP contribution in [0.15, 0.2) is 18.2 Å². The number of hydrogen-bond acceptors (Lipinski definition) is 5. The maximum Gasteiger partial charge on any atom is 0.334 e. The summed E-state index contributed by atoms with van der Waals surface area (Å²) in [6.07, 6.45) is -1.09. The van der Waals surface area contributed by atoms with Gasteiger partial charge in [-0.3, -0.25) is 10.1 Å². The number of aliphatic carboxylic acids is 1. The van der Waals surface area contributed by atoms with Gasteiger partial charge in [0.2, 0.25) is 0 Å². The average molecular weight is 275 g/mol. The Hall–Kier alpha value is -1.86. The molecule has 8 heteroatoms. The predicted molar refractivity (Wildman–Crippen MR) is 65.0 cm³/mol. The fourth-order valence-electron chi connectivity index (χ4n) is 1.32. The lowest BCUT2D eigenvalue weighted by molar-refractivity contribution is -0.383. The number of anilines is 1. The van der Waals surface area contributed by atoms with Crippen molar-refractivity contribution in [1.29, 1.82) is 0 Å². The van der Waals surface area contributed by atoms with Gasteiger partial charge in [0.05, 0.1) is 11.5 Å². The van der Waals surface area contributed by atoms with E-state index in [9.17, 15) is 14.9 Å². The maximum atomic E-state index is 10.8. The quantitative estimate of drug-likeness (QED) is 0.605. The molecule has 0 aliphatic heterocycles. The second-order valence-electron chi connectivity index (χ2n) is 3.34. The van der Waals surface area contributed by atoms with Gasteiger partial charge in [-0.1, -0.05) is 17.7 Å². The Balaban J connectivity index is 2.88. The van der Waals surface area contributed by atoms with Crippen molar-refractivity contribution in [1.82, 2.24) is 0 Å². The number of hydrogen-bond donors (Lipinski definition) is 2. The first-order chi connectivity index (χ1) is 8.47. The molecule has 0 heterocycles. The molecule has 0 fully saturated rings. The van der Waals surface area contributed by atoms with E-state index in [2.05, 4.69) is 5.32 Å². The van der Waals surface area contributed by atoms with E-state index >= 15 is 0 Å². The van der Waals surface area contributed by atoms with Crippen molar-refractivity contribution < 1.29 is 19.6 Å². The van der Waals surface area contributed by atoms with Crippen molar-refractivity contribution in [3.05, 3.63) is 33.3 Å². The number of carboxylic acids is 1. The van der Waals surface area contributed by atoms with Gasteiger partial charge in [0.25, 0.3) is 0 Å². The zero-order chi connectivity index (χ0) is 13.7. The average Bonchev–Trinajstić information content (AvgIpc) is 2.28. The van der Waals surface area contributed by atoms with Crippen LogP contribution in [0.3, 0.4) is 0 Å². The smallest absolute Gasteiger partial charge is 0.334 e. The molecule has 0 aliphatic carbocycles. The molecule has 0 aromatic heterocycles. The fourth-order valence-corrected chi connectivity index (χ4v) is 1.56. The van der Waals surface area contributed by atoms with Crippen LogP contribution >= 0.6 is 11.6 Å². The molecule has 0 aliphatic rings. The van der Waals surface area contributed by atoms with Crippen molar-refractivity contribution >= 4 is 28.9 Å². The van der Waals surface area contributed by atoms with E-state index in [0.717, 1.165) is 0 Å². The Morgan fingerprint density at radius 1 is 1.67 bits per heavy atom. The lowest BCUT2D eigenvalue weighted by atomic mass is 10.2. The molecule has 0 amide bonds. The van der Waals surface area contributed by atoms with E-state index < -0.39 is 17.0 Å². The van der Waals surface area contributed by atoms with E-state index in [4.69, 9.17) is 21.4 Å². The molecule has 98 valence electrons. The van der Waals surface area contributed by atoms with E-state index in [1.54, 1.807) is 0 Å². The summed E-state index contributed by atoms with van der Waals surface area (Å²) in [6, 6.07) is 4.36. The van der Waals surface area contributed by atoms with E-state index in [1.165, 1.54) is 25.3 Å². The van der Waals surface area contributed by atoms with Crippen LogP contribution < -0.4 is 5.32 Å². The first-order valence-corrected chi connectivity index (χ1v) is 5.27. The van der Waals surface area contributed by atoms with Crippen LogP contribution in [0.25, 0.3) is 0 Å². The second-order valence-corrected chi connectivity index (χ2v) is 3.74. The number of carboxylic acid groups (broad SMARTS) is 1. The molecule has 1 unspecified atom stereocenters. The summed E-state index contributed by atoms with van der Waals surface area (Å²) >= 11 is 5.71. The van der Waals surface area contributed by atoms with Gasteiger partial charge in [-0.25, -0.2) is 4.79 Å². The normalized spacial score (nSPS) is 11.9. The second kappa shape index (κ2) is 6.18. The standard InChI is InChI=1S/C10H11ClN2O5/c1-18-8(10(14)15)5-12-7-4-2-3-6(11)9(7)13(16)17/h2-4,8,12H,5H2,1H3,(H,14,15). The lowest BCUT2D eigenvalue weighted by Crippen LogP contribution is -2.30. The highest BCUT2D eigenvalue weighted by Crippen LogP contribution is 2.32. The number of halogens is 1. The molecular formula is C10H11ClN2O5. The largest absolute Gasteiger partial charge is 0.479 e. The van der Waals surface area contributed by atoms with Crippen molar-refractivity contribution in [3.63, 3.8) is 0 Å². The highest BCUT2D eigenvalue weighted by atomic mass is 35.5. The summed E-state index contributed by atoms with van der Waals surface area (Å²) in [7, 11) is 1.24. The van der Waals surface area contributed by atoms with Gasteiger partial charge in [0.1, 0.15) is 10.7 Å². The maximum absolute atomic E-state index is 10.8. The Bertz CT molecular complexity index is 466. The highest BCUT2D eigenvalue weighted by Gasteiger charge is 2.21. The van der Waals surface area contributed by atoms with Gasteiger partial charge in [-0.15, -0.1) is 0 Å². The summed E-state index contributed by atoms with van der Waals surface area (Å²) < 4.78 is 4.70. The van der Waals surface area contributed by atoms with Crippen molar-refractivity contribution in [3.8, 4) is 0 Å². The van der Waals surface area contributed by atoms with Crippen molar-refractivity contribution in [2.45, 2.75) is 6.10 Å². The molecule has 1 atom stereocenters. The number of nitrogens with zero attached hydrogens (tertiary/aromatic N) is 1. The number of ether oxygens (including phenoxy) is 1. The summed E-state index contributed by atoms with van der Waals surface area (Å²) in [5, 5.41) is 22.2. The number of nitrogens with one attached hydrogen (secondary N) is 1. The number of nitro groups is 1. The summed E-state index contributed by atoms with van der Waals surface area (Å²) in [6.45, 7) is -0.104. The predicted octanol–water partition coefficient (Wildman–Crippen LogP) is 1.76. The van der Waals surface area contributed by atoms with Gasteiger partial charge in [-0.05, 0) is 12.1 Å². The van der Waals surface area contributed by atoms with E-state index in [1.807, 2.05) is 0 Å². The Morgan fingerprint density at radius 3 is 2.83 bits per heavy atom. The number of rotatable bonds is 6. The van der Waals surface area contributed by atoms with Crippen molar-refractivity contribution in [2.75, 3.05) is 19.0 Å². The molecule has 0 bridgehead atoms. The van der Waals surface area contributed by atoms with Crippen LogP contribution in [0.5, 0.6) is 0 Å². The number of carbonyl (C=O) groups is 1. The summed E-state index contributed by atoms with van der Waals surface area (Å²) in [4.78, 5) is 20.9. The third-order valence-electron chi connectivity index (χ3n) is 2.21. The molecule has 1 aromatic rings. The van der Waals surface area contributed by atoms with Crippen LogP contribution in [0.1, 0.15) is 0 Å². The van der Waals surface area contributed by atoms with Crippen LogP contribution in [0.4, 0.5) is 11.4 Å². The first-order valence-electron chi connectivity index (χ1n) is 4.89. The van der Waals surface area contributed by atoms with Gasteiger partial charge in [-0.2, -0.15) is 0 Å². The Labute approximate surface area is 107 Å².